The summed E-state index contributed by atoms with van der Waals surface area (Å²) in [5.41, 5.74) is 7.69. The molecule has 1 aromatic rings. The number of thiocarbonyl (C=S) groups is 1. The SMILES string of the molecule is CN(CC1CCC1)c1ccc(Cl)cc1C(N)=S. The zero-order chi connectivity index (χ0) is 12.4. The Kier molecular flexibility index (Phi) is 3.89. The van der Waals surface area contributed by atoms with Gasteiger partial charge in [-0.25, -0.2) is 0 Å². The van der Waals surface area contributed by atoms with Gasteiger partial charge in [-0.05, 0) is 37.0 Å². The standard InChI is InChI=1S/C13H17ClN2S/c1-16(8-9-3-2-4-9)12-6-5-10(14)7-11(12)13(15)17/h5-7,9H,2-4,8H2,1H3,(H2,15,17). The Morgan fingerprint density at radius 1 is 1.53 bits per heavy atom. The van der Waals surface area contributed by atoms with Crippen LogP contribution in [0, 0.1) is 5.92 Å². The molecule has 4 heteroatoms. The molecule has 1 saturated carbocycles. The van der Waals surface area contributed by atoms with Gasteiger partial charge in [-0.2, -0.15) is 0 Å². The van der Waals surface area contributed by atoms with E-state index in [1.54, 1.807) is 0 Å². The van der Waals surface area contributed by atoms with Gasteiger partial charge in [0.1, 0.15) is 4.99 Å². The minimum atomic E-state index is 0.406. The Hall–Kier alpha value is -0.800. The van der Waals surface area contributed by atoms with Gasteiger partial charge in [0.15, 0.2) is 0 Å². The second-order valence-corrected chi connectivity index (χ2v) is 5.58. The van der Waals surface area contributed by atoms with Gasteiger partial charge in [0, 0.05) is 29.9 Å². The van der Waals surface area contributed by atoms with E-state index in [-0.39, 0.29) is 0 Å². The lowest BCUT2D eigenvalue weighted by molar-refractivity contribution is 0.321. The van der Waals surface area contributed by atoms with Crippen LogP contribution in [0.15, 0.2) is 18.2 Å². The number of benzene rings is 1. The Morgan fingerprint density at radius 3 is 2.76 bits per heavy atom. The van der Waals surface area contributed by atoms with Gasteiger partial charge in [-0.15, -0.1) is 0 Å². The van der Waals surface area contributed by atoms with Crippen LogP contribution in [-0.4, -0.2) is 18.6 Å². The highest BCUT2D eigenvalue weighted by molar-refractivity contribution is 7.80. The number of nitrogens with two attached hydrogens (primary N) is 1. The molecule has 0 unspecified atom stereocenters. The highest BCUT2D eigenvalue weighted by atomic mass is 35.5. The molecule has 0 heterocycles. The minimum absolute atomic E-state index is 0.406. The summed E-state index contributed by atoms with van der Waals surface area (Å²) in [6.45, 7) is 1.07. The Balaban J connectivity index is 2.20. The number of nitrogens with zero attached hydrogens (tertiary/aromatic N) is 1. The average Bonchev–Trinajstić information content (AvgIpc) is 2.23. The van der Waals surface area contributed by atoms with Crippen LogP contribution in [-0.2, 0) is 0 Å². The van der Waals surface area contributed by atoms with Gasteiger partial charge >= 0.3 is 0 Å². The molecule has 92 valence electrons. The van der Waals surface area contributed by atoms with Crippen molar-refractivity contribution >= 4 is 34.5 Å². The van der Waals surface area contributed by atoms with Gasteiger partial charge < -0.3 is 10.6 Å². The van der Waals surface area contributed by atoms with Gasteiger partial charge in [-0.3, -0.25) is 0 Å². The maximum Gasteiger partial charge on any atom is 0.106 e. The largest absolute Gasteiger partial charge is 0.389 e. The van der Waals surface area contributed by atoms with Crippen LogP contribution in [0.2, 0.25) is 5.02 Å². The summed E-state index contributed by atoms with van der Waals surface area (Å²) in [7, 11) is 2.09. The molecular formula is C13H17ClN2S. The fourth-order valence-electron chi connectivity index (χ4n) is 2.20. The number of rotatable bonds is 4. The molecule has 2 rings (SSSR count). The van der Waals surface area contributed by atoms with Crippen molar-refractivity contribution in [2.75, 3.05) is 18.5 Å². The first kappa shape index (κ1) is 12.7. The highest BCUT2D eigenvalue weighted by Crippen LogP contribution is 2.30. The van der Waals surface area contributed by atoms with Crippen LogP contribution in [0.25, 0.3) is 0 Å². The van der Waals surface area contributed by atoms with Crippen molar-refractivity contribution in [2.45, 2.75) is 19.3 Å². The fourth-order valence-corrected chi connectivity index (χ4v) is 2.54. The van der Waals surface area contributed by atoms with Crippen molar-refractivity contribution in [1.29, 1.82) is 0 Å². The lowest BCUT2D eigenvalue weighted by atomic mass is 9.85. The molecule has 0 aliphatic heterocycles. The van der Waals surface area contributed by atoms with Crippen LogP contribution >= 0.6 is 23.8 Å². The number of halogens is 1. The van der Waals surface area contributed by atoms with Gasteiger partial charge in [-0.1, -0.05) is 30.2 Å². The van der Waals surface area contributed by atoms with Crippen molar-refractivity contribution in [1.82, 2.24) is 0 Å². The third kappa shape index (κ3) is 2.90. The lowest BCUT2D eigenvalue weighted by Gasteiger charge is -2.32. The van der Waals surface area contributed by atoms with E-state index >= 15 is 0 Å². The van der Waals surface area contributed by atoms with Crippen LogP contribution in [0.1, 0.15) is 24.8 Å². The summed E-state index contributed by atoms with van der Waals surface area (Å²) < 4.78 is 0. The molecule has 0 radical (unpaired) electrons. The first-order chi connectivity index (χ1) is 8.08. The summed E-state index contributed by atoms with van der Waals surface area (Å²) in [6, 6.07) is 5.72. The monoisotopic (exact) mass is 268 g/mol. The summed E-state index contributed by atoms with van der Waals surface area (Å²) >= 11 is 11.1. The molecule has 0 saturated heterocycles. The van der Waals surface area contributed by atoms with Gasteiger partial charge in [0.05, 0.1) is 0 Å². The molecule has 1 aliphatic carbocycles. The molecule has 2 N–H and O–H groups in total. The predicted molar refractivity (Wildman–Crippen MR) is 78.0 cm³/mol. The molecular weight excluding hydrogens is 252 g/mol. The van der Waals surface area contributed by atoms with Crippen molar-refractivity contribution in [3.8, 4) is 0 Å². The van der Waals surface area contributed by atoms with Crippen molar-refractivity contribution < 1.29 is 0 Å². The van der Waals surface area contributed by atoms with Crippen molar-refractivity contribution in [2.24, 2.45) is 11.7 Å². The number of anilines is 1. The van der Waals surface area contributed by atoms with Crippen LogP contribution < -0.4 is 10.6 Å². The number of hydrogen-bond donors (Lipinski definition) is 1. The molecule has 0 spiro atoms. The van der Waals surface area contributed by atoms with E-state index in [1.165, 1.54) is 19.3 Å². The van der Waals surface area contributed by atoms with Gasteiger partial charge in [0.25, 0.3) is 0 Å². The second-order valence-electron chi connectivity index (χ2n) is 4.70. The van der Waals surface area contributed by atoms with Crippen LogP contribution in [0.4, 0.5) is 5.69 Å². The lowest BCUT2D eigenvalue weighted by Crippen LogP contribution is -2.30. The van der Waals surface area contributed by atoms with Crippen LogP contribution in [0.3, 0.4) is 0 Å². The molecule has 1 fully saturated rings. The molecule has 0 bridgehead atoms. The van der Waals surface area contributed by atoms with Gasteiger partial charge in [0.2, 0.25) is 0 Å². The van der Waals surface area contributed by atoms with E-state index in [4.69, 9.17) is 29.6 Å². The summed E-state index contributed by atoms with van der Waals surface area (Å²) in [5.74, 6) is 0.815. The van der Waals surface area contributed by atoms with Crippen molar-refractivity contribution in [3.63, 3.8) is 0 Å². The van der Waals surface area contributed by atoms with E-state index in [9.17, 15) is 0 Å². The molecule has 2 nitrogen and oxygen atoms in total. The molecule has 0 aromatic heterocycles. The van der Waals surface area contributed by atoms with Crippen molar-refractivity contribution in [3.05, 3.63) is 28.8 Å². The Bertz CT molecular complexity index is 429. The zero-order valence-corrected chi connectivity index (χ0v) is 11.5. The maximum atomic E-state index is 5.98. The zero-order valence-electron chi connectivity index (χ0n) is 9.95. The van der Waals surface area contributed by atoms with E-state index in [0.29, 0.717) is 10.0 Å². The normalized spacial score (nSPS) is 15.4. The topological polar surface area (TPSA) is 29.3 Å². The molecule has 1 aromatic carbocycles. The average molecular weight is 269 g/mol. The first-order valence-electron chi connectivity index (χ1n) is 5.88. The first-order valence-corrected chi connectivity index (χ1v) is 6.67. The minimum Gasteiger partial charge on any atom is -0.389 e. The van der Waals surface area contributed by atoms with Crippen LogP contribution in [0.5, 0.6) is 0 Å². The molecule has 1 aliphatic rings. The Morgan fingerprint density at radius 2 is 2.24 bits per heavy atom. The molecule has 17 heavy (non-hydrogen) atoms. The predicted octanol–water partition coefficient (Wildman–Crippen LogP) is 3.21. The second kappa shape index (κ2) is 5.23. The van der Waals surface area contributed by atoms with E-state index < -0.39 is 0 Å². The maximum absolute atomic E-state index is 5.98. The van der Waals surface area contributed by atoms with E-state index in [2.05, 4.69) is 11.9 Å². The quantitative estimate of drug-likeness (QED) is 0.851. The highest BCUT2D eigenvalue weighted by Gasteiger charge is 2.20. The molecule has 0 amide bonds. The fraction of sp³-hybridized carbons (Fsp3) is 0.462. The van der Waals surface area contributed by atoms with E-state index in [0.717, 1.165) is 23.7 Å². The number of hydrogen-bond acceptors (Lipinski definition) is 2. The Labute approximate surface area is 113 Å². The summed E-state index contributed by atoms with van der Waals surface area (Å²) in [6.07, 6.45) is 4.03. The van der Waals surface area contributed by atoms with E-state index in [1.807, 2.05) is 18.2 Å². The third-order valence-electron chi connectivity index (χ3n) is 3.39. The summed E-state index contributed by atoms with van der Waals surface area (Å²) in [5, 5.41) is 0.675. The summed E-state index contributed by atoms with van der Waals surface area (Å²) in [4.78, 5) is 2.64. The third-order valence-corrected chi connectivity index (χ3v) is 3.85. The smallest absolute Gasteiger partial charge is 0.106 e. The molecule has 0 atom stereocenters.